The SMILES string of the molecule is COc1cccc2ncc(C3CC(=O)CCN3)n12. The molecule has 3 rings (SSSR count). The molecule has 0 aliphatic carbocycles. The summed E-state index contributed by atoms with van der Waals surface area (Å²) in [6.07, 6.45) is 2.95. The van der Waals surface area contributed by atoms with Crippen LogP contribution in [-0.4, -0.2) is 28.8 Å². The maximum atomic E-state index is 11.6. The summed E-state index contributed by atoms with van der Waals surface area (Å²) in [7, 11) is 1.64. The lowest BCUT2D eigenvalue weighted by atomic mass is 10.0. The molecule has 2 aromatic heterocycles. The molecule has 1 saturated heterocycles. The Kier molecular flexibility index (Phi) is 2.76. The molecule has 0 radical (unpaired) electrons. The van der Waals surface area contributed by atoms with Crippen LogP contribution in [-0.2, 0) is 4.79 Å². The lowest BCUT2D eigenvalue weighted by molar-refractivity contribution is -0.120. The van der Waals surface area contributed by atoms with E-state index in [1.807, 2.05) is 28.8 Å². The first-order valence-corrected chi connectivity index (χ1v) is 6.05. The predicted octanol–water partition coefficient (Wildman–Crippen LogP) is 1.34. The highest BCUT2D eigenvalue weighted by Gasteiger charge is 2.24. The van der Waals surface area contributed by atoms with Crippen LogP contribution in [0.2, 0.25) is 0 Å². The second kappa shape index (κ2) is 4.42. The molecule has 0 amide bonds. The smallest absolute Gasteiger partial charge is 0.199 e. The summed E-state index contributed by atoms with van der Waals surface area (Å²) in [5, 5.41) is 3.36. The highest BCUT2D eigenvalue weighted by atomic mass is 16.5. The maximum absolute atomic E-state index is 11.6. The molecule has 0 aromatic carbocycles. The van der Waals surface area contributed by atoms with Gasteiger partial charge in [0.2, 0.25) is 0 Å². The zero-order chi connectivity index (χ0) is 12.5. The van der Waals surface area contributed by atoms with E-state index in [9.17, 15) is 4.79 Å². The molecule has 0 bridgehead atoms. The number of ketones is 1. The number of hydrogen-bond donors (Lipinski definition) is 1. The number of rotatable bonds is 2. The Balaban J connectivity index is 2.08. The van der Waals surface area contributed by atoms with Gasteiger partial charge in [-0.2, -0.15) is 0 Å². The van der Waals surface area contributed by atoms with E-state index in [1.54, 1.807) is 7.11 Å². The molecule has 5 nitrogen and oxygen atoms in total. The summed E-state index contributed by atoms with van der Waals surface area (Å²) in [6, 6.07) is 5.75. The highest BCUT2D eigenvalue weighted by molar-refractivity contribution is 5.80. The Labute approximate surface area is 105 Å². The number of aromatic nitrogens is 2. The number of imidazole rings is 1. The summed E-state index contributed by atoms with van der Waals surface area (Å²) < 4.78 is 7.31. The van der Waals surface area contributed by atoms with Crippen molar-refractivity contribution in [2.45, 2.75) is 18.9 Å². The van der Waals surface area contributed by atoms with Crippen LogP contribution >= 0.6 is 0 Å². The molecule has 1 N–H and O–H groups in total. The number of carbonyl (C=O) groups is 1. The first-order valence-electron chi connectivity index (χ1n) is 6.05. The van der Waals surface area contributed by atoms with Crippen LogP contribution in [0.15, 0.2) is 24.4 Å². The number of Topliss-reactive ketones (excluding diaryl/α,β-unsaturated/α-hetero) is 1. The van der Waals surface area contributed by atoms with Crippen LogP contribution in [0, 0.1) is 0 Å². The predicted molar refractivity (Wildman–Crippen MR) is 66.7 cm³/mol. The molecule has 94 valence electrons. The summed E-state index contributed by atoms with van der Waals surface area (Å²) >= 11 is 0. The Bertz CT molecular complexity index is 591. The van der Waals surface area contributed by atoms with E-state index in [-0.39, 0.29) is 6.04 Å². The number of methoxy groups -OCH3 is 1. The van der Waals surface area contributed by atoms with Crippen molar-refractivity contribution in [3.05, 3.63) is 30.1 Å². The minimum Gasteiger partial charge on any atom is -0.482 e. The third-order valence-electron chi connectivity index (χ3n) is 3.31. The van der Waals surface area contributed by atoms with Gasteiger partial charge in [0.1, 0.15) is 11.4 Å². The first kappa shape index (κ1) is 11.2. The monoisotopic (exact) mass is 245 g/mol. The Morgan fingerprint density at radius 2 is 2.39 bits per heavy atom. The number of piperidine rings is 1. The lowest BCUT2D eigenvalue weighted by Gasteiger charge is -2.22. The van der Waals surface area contributed by atoms with Gasteiger partial charge in [0.15, 0.2) is 5.88 Å². The molecule has 1 unspecified atom stereocenters. The van der Waals surface area contributed by atoms with Crippen LogP contribution in [0.3, 0.4) is 0 Å². The van der Waals surface area contributed by atoms with E-state index in [0.29, 0.717) is 18.6 Å². The number of hydrogen-bond acceptors (Lipinski definition) is 4. The van der Waals surface area contributed by atoms with Crippen molar-refractivity contribution in [1.82, 2.24) is 14.7 Å². The standard InChI is InChI=1S/C13H15N3O2/c1-18-13-4-2-3-12-15-8-11(16(12)13)10-7-9(17)5-6-14-10/h2-4,8,10,14H,5-7H2,1H3. The number of nitrogens with zero attached hydrogens (tertiary/aromatic N) is 2. The molecule has 18 heavy (non-hydrogen) atoms. The van der Waals surface area contributed by atoms with Crippen molar-refractivity contribution in [3.8, 4) is 5.88 Å². The van der Waals surface area contributed by atoms with Gasteiger partial charge in [0.25, 0.3) is 0 Å². The average Bonchev–Trinajstić information content (AvgIpc) is 2.82. The van der Waals surface area contributed by atoms with Crippen LogP contribution in [0.4, 0.5) is 0 Å². The van der Waals surface area contributed by atoms with E-state index < -0.39 is 0 Å². The van der Waals surface area contributed by atoms with Crippen molar-refractivity contribution >= 4 is 11.4 Å². The van der Waals surface area contributed by atoms with Crippen LogP contribution in [0.5, 0.6) is 5.88 Å². The summed E-state index contributed by atoms with van der Waals surface area (Å²) in [6.45, 7) is 0.728. The quantitative estimate of drug-likeness (QED) is 0.867. The van der Waals surface area contributed by atoms with Crippen LogP contribution < -0.4 is 10.1 Å². The second-order valence-corrected chi connectivity index (χ2v) is 4.44. The molecule has 0 saturated carbocycles. The van der Waals surface area contributed by atoms with E-state index in [2.05, 4.69) is 10.3 Å². The van der Waals surface area contributed by atoms with Gasteiger partial charge >= 0.3 is 0 Å². The van der Waals surface area contributed by atoms with Gasteiger partial charge in [-0.05, 0) is 12.1 Å². The van der Waals surface area contributed by atoms with Gasteiger partial charge in [-0.3, -0.25) is 9.20 Å². The van der Waals surface area contributed by atoms with Crippen molar-refractivity contribution in [3.63, 3.8) is 0 Å². The van der Waals surface area contributed by atoms with E-state index in [0.717, 1.165) is 23.8 Å². The Hall–Kier alpha value is -1.88. The average molecular weight is 245 g/mol. The van der Waals surface area contributed by atoms with E-state index in [4.69, 9.17) is 4.74 Å². The highest BCUT2D eigenvalue weighted by Crippen LogP contribution is 2.25. The fourth-order valence-electron chi connectivity index (χ4n) is 2.43. The maximum Gasteiger partial charge on any atom is 0.199 e. The van der Waals surface area contributed by atoms with Gasteiger partial charge in [-0.25, -0.2) is 4.98 Å². The molecule has 1 atom stereocenters. The molecule has 1 aliphatic rings. The number of nitrogens with one attached hydrogen (secondary N) is 1. The molecule has 3 heterocycles. The number of pyridine rings is 1. The van der Waals surface area contributed by atoms with Crippen molar-refractivity contribution in [1.29, 1.82) is 0 Å². The summed E-state index contributed by atoms with van der Waals surface area (Å²) in [5.41, 5.74) is 1.82. The van der Waals surface area contributed by atoms with Crippen molar-refractivity contribution in [2.24, 2.45) is 0 Å². The summed E-state index contributed by atoms with van der Waals surface area (Å²) in [5.74, 6) is 1.03. The topological polar surface area (TPSA) is 55.6 Å². The van der Waals surface area contributed by atoms with Gasteiger partial charge in [-0.1, -0.05) is 6.07 Å². The molecule has 5 heteroatoms. The zero-order valence-corrected chi connectivity index (χ0v) is 10.2. The Morgan fingerprint density at radius 1 is 1.50 bits per heavy atom. The van der Waals surface area contributed by atoms with Crippen LogP contribution in [0.1, 0.15) is 24.6 Å². The third-order valence-corrected chi connectivity index (χ3v) is 3.31. The minimum atomic E-state index is 0.0255. The molecular weight excluding hydrogens is 230 g/mol. The molecular formula is C13H15N3O2. The zero-order valence-electron chi connectivity index (χ0n) is 10.2. The molecule has 1 aliphatic heterocycles. The number of fused-ring (bicyclic) bond motifs is 1. The van der Waals surface area contributed by atoms with E-state index >= 15 is 0 Å². The minimum absolute atomic E-state index is 0.0255. The lowest BCUT2D eigenvalue weighted by Crippen LogP contribution is -2.32. The van der Waals surface area contributed by atoms with Gasteiger partial charge < -0.3 is 10.1 Å². The van der Waals surface area contributed by atoms with Gasteiger partial charge in [0.05, 0.1) is 25.0 Å². The third kappa shape index (κ3) is 1.76. The van der Waals surface area contributed by atoms with Crippen LogP contribution in [0.25, 0.3) is 5.65 Å². The van der Waals surface area contributed by atoms with Gasteiger partial charge in [0, 0.05) is 19.4 Å². The van der Waals surface area contributed by atoms with Gasteiger partial charge in [-0.15, -0.1) is 0 Å². The Morgan fingerprint density at radius 3 is 3.17 bits per heavy atom. The molecule has 1 fully saturated rings. The second-order valence-electron chi connectivity index (χ2n) is 4.44. The fraction of sp³-hybridized carbons (Fsp3) is 0.385. The number of ether oxygens (including phenoxy) is 1. The van der Waals surface area contributed by atoms with Crippen molar-refractivity contribution in [2.75, 3.05) is 13.7 Å². The largest absolute Gasteiger partial charge is 0.482 e. The number of carbonyl (C=O) groups excluding carboxylic acids is 1. The molecule has 2 aromatic rings. The molecule has 0 spiro atoms. The van der Waals surface area contributed by atoms with Crippen molar-refractivity contribution < 1.29 is 9.53 Å². The normalized spacial score (nSPS) is 20.3. The van der Waals surface area contributed by atoms with E-state index in [1.165, 1.54) is 0 Å². The first-order chi connectivity index (χ1) is 8.79. The summed E-state index contributed by atoms with van der Waals surface area (Å²) in [4.78, 5) is 15.9. The fourth-order valence-corrected chi connectivity index (χ4v) is 2.43.